The van der Waals surface area contributed by atoms with Crippen molar-refractivity contribution in [2.45, 2.75) is 44.3 Å². The number of anilines is 2. The standard InChI is InChI=1S/C14H20F3N3O/c1-2-18-11-7-10(14(15,16)17)8-12(19-11)20-13(9-21)5-3-4-6-13/h7-8,21H,2-6,9H2,1H3,(H2,18,19,20). The lowest BCUT2D eigenvalue weighted by molar-refractivity contribution is -0.137. The maximum atomic E-state index is 12.9. The van der Waals surface area contributed by atoms with Gasteiger partial charge in [-0.1, -0.05) is 12.8 Å². The van der Waals surface area contributed by atoms with Gasteiger partial charge in [-0.05, 0) is 31.9 Å². The highest BCUT2D eigenvalue weighted by Crippen LogP contribution is 2.35. The second kappa shape index (κ2) is 6.09. The summed E-state index contributed by atoms with van der Waals surface area (Å²) in [6.45, 7) is 2.17. The zero-order chi connectivity index (χ0) is 15.5. The third-order valence-electron chi connectivity index (χ3n) is 3.77. The molecule has 0 bridgehead atoms. The summed E-state index contributed by atoms with van der Waals surface area (Å²) < 4.78 is 38.8. The fourth-order valence-corrected chi connectivity index (χ4v) is 2.68. The van der Waals surface area contributed by atoms with Gasteiger partial charge in [0.05, 0.1) is 17.7 Å². The molecular weight excluding hydrogens is 283 g/mol. The molecule has 1 aliphatic rings. The number of alkyl halides is 3. The first-order valence-electron chi connectivity index (χ1n) is 7.11. The van der Waals surface area contributed by atoms with E-state index in [2.05, 4.69) is 15.6 Å². The number of rotatable bonds is 5. The Bertz CT molecular complexity index is 485. The summed E-state index contributed by atoms with van der Waals surface area (Å²) in [5.41, 5.74) is -1.30. The van der Waals surface area contributed by atoms with Gasteiger partial charge < -0.3 is 15.7 Å². The highest BCUT2D eigenvalue weighted by atomic mass is 19.4. The second-order valence-electron chi connectivity index (χ2n) is 5.42. The number of pyridine rings is 1. The van der Waals surface area contributed by atoms with Gasteiger partial charge in [0.2, 0.25) is 0 Å². The predicted octanol–water partition coefficient (Wildman–Crippen LogP) is 3.25. The molecule has 1 aliphatic carbocycles. The molecule has 3 N–H and O–H groups in total. The van der Waals surface area contributed by atoms with E-state index in [1.807, 2.05) is 0 Å². The van der Waals surface area contributed by atoms with Crippen LogP contribution in [0.3, 0.4) is 0 Å². The summed E-state index contributed by atoms with van der Waals surface area (Å²) in [4.78, 5) is 4.16. The van der Waals surface area contributed by atoms with Gasteiger partial charge in [0.15, 0.2) is 0 Å². The van der Waals surface area contributed by atoms with E-state index in [0.29, 0.717) is 6.54 Å². The molecule has 7 heteroatoms. The fourth-order valence-electron chi connectivity index (χ4n) is 2.68. The lowest BCUT2D eigenvalue weighted by Gasteiger charge is -2.29. The van der Waals surface area contributed by atoms with Gasteiger partial charge in [-0.3, -0.25) is 0 Å². The molecule has 2 rings (SSSR count). The molecule has 1 aromatic rings. The van der Waals surface area contributed by atoms with Crippen molar-refractivity contribution < 1.29 is 18.3 Å². The van der Waals surface area contributed by atoms with Crippen LogP contribution >= 0.6 is 0 Å². The maximum absolute atomic E-state index is 12.9. The van der Waals surface area contributed by atoms with E-state index in [1.165, 1.54) is 0 Å². The van der Waals surface area contributed by atoms with Gasteiger partial charge in [-0.15, -0.1) is 0 Å². The van der Waals surface area contributed by atoms with Crippen LogP contribution in [0.4, 0.5) is 24.8 Å². The second-order valence-corrected chi connectivity index (χ2v) is 5.42. The molecule has 4 nitrogen and oxygen atoms in total. The third kappa shape index (κ3) is 3.78. The van der Waals surface area contributed by atoms with E-state index >= 15 is 0 Å². The molecule has 1 heterocycles. The van der Waals surface area contributed by atoms with Crippen LogP contribution in [-0.4, -0.2) is 28.8 Å². The van der Waals surface area contributed by atoms with Crippen LogP contribution in [0.25, 0.3) is 0 Å². The number of halogens is 3. The quantitative estimate of drug-likeness (QED) is 0.781. The van der Waals surface area contributed by atoms with Gasteiger partial charge in [-0.25, -0.2) is 4.98 Å². The Morgan fingerprint density at radius 3 is 2.38 bits per heavy atom. The number of aromatic nitrogens is 1. The van der Waals surface area contributed by atoms with E-state index in [-0.39, 0.29) is 18.2 Å². The normalized spacial score (nSPS) is 17.8. The minimum absolute atomic E-state index is 0.110. The Balaban J connectivity index is 2.31. The van der Waals surface area contributed by atoms with Gasteiger partial charge in [0, 0.05) is 6.54 Å². The van der Waals surface area contributed by atoms with E-state index in [1.54, 1.807) is 6.92 Å². The minimum atomic E-state index is -4.43. The number of hydrogen-bond acceptors (Lipinski definition) is 4. The molecule has 0 aromatic carbocycles. The van der Waals surface area contributed by atoms with E-state index in [4.69, 9.17) is 0 Å². The molecule has 1 aromatic heterocycles. The SMILES string of the molecule is CCNc1cc(C(F)(F)F)cc(NC2(CO)CCCC2)n1. The Hall–Kier alpha value is -1.50. The molecule has 118 valence electrons. The average Bonchev–Trinajstić information content (AvgIpc) is 2.87. The number of hydrogen-bond donors (Lipinski definition) is 3. The topological polar surface area (TPSA) is 57.2 Å². The number of nitrogens with zero attached hydrogens (tertiary/aromatic N) is 1. The highest BCUT2D eigenvalue weighted by Gasteiger charge is 2.35. The van der Waals surface area contributed by atoms with Crippen molar-refractivity contribution in [1.29, 1.82) is 0 Å². The molecule has 0 atom stereocenters. The Labute approximate surface area is 121 Å². The molecule has 0 spiro atoms. The van der Waals surface area contributed by atoms with Crippen molar-refractivity contribution in [3.8, 4) is 0 Å². The summed E-state index contributed by atoms with van der Waals surface area (Å²) in [6.07, 6.45) is -1.05. The summed E-state index contributed by atoms with van der Waals surface area (Å²) in [6, 6.07) is 1.99. The lowest BCUT2D eigenvalue weighted by atomic mass is 9.99. The third-order valence-corrected chi connectivity index (χ3v) is 3.77. The molecule has 0 saturated heterocycles. The van der Waals surface area contributed by atoms with E-state index in [9.17, 15) is 18.3 Å². The van der Waals surface area contributed by atoms with Crippen LogP contribution in [0.15, 0.2) is 12.1 Å². The average molecular weight is 303 g/mol. The molecule has 21 heavy (non-hydrogen) atoms. The molecule has 0 radical (unpaired) electrons. The van der Waals surface area contributed by atoms with Crippen molar-refractivity contribution in [3.05, 3.63) is 17.7 Å². The summed E-state index contributed by atoms with van der Waals surface area (Å²) in [7, 11) is 0. The Kier molecular flexibility index (Phi) is 4.61. The van der Waals surface area contributed by atoms with Crippen LogP contribution in [0.2, 0.25) is 0 Å². The molecule has 0 unspecified atom stereocenters. The van der Waals surface area contributed by atoms with Crippen molar-refractivity contribution in [2.24, 2.45) is 0 Å². The number of aliphatic hydroxyl groups is 1. The first-order valence-corrected chi connectivity index (χ1v) is 7.11. The smallest absolute Gasteiger partial charge is 0.394 e. The van der Waals surface area contributed by atoms with Crippen molar-refractivity contribution in [1.82, 2.24) is 4.98 Å². The van der Waals surface area contributed by atoms with Crippen LogP contribution in [0.5, 0.6) is 0 Å². The summed E-state index contributed by atoms with van der Waals surface area (Å²) in [5.74, 6) is 0.331. The fraction of sp³-hybridized carbons (Fsp3) is 0.643. The number of aliphatic hydroxyl groups excluding tert-OH is 1. The monoisotopic (exact) mass is 303 g/mol. The van der Waals surface area contributed by atoms with Crippen LogP contribution in [0, 0.1) is 0 Å². The molecular formula is C14H20F3N3O. The van der Waals surface area contributed by atoms with Gasteiger partial charge >= 0.3 is 6.18 Å². The lowest BCUT2D eigenvalue weighted by Crippen LogP contribution is -2.39. The number of nitrogens with one attached hydrogen (secondary N) is 2. The van der Waals surface area contributed by atoms with E-state index < -0.39 is 17.3 Å². The van der Waals surface area contributed by atoms with Crippen molar-refractivity contribution in [2.75, 3.05) is 23.8 Å². The Morgan fingerprint density at radius 1 is 1.24 bits per heavy atom. The van der Waals surface area contributed by atoms with Gasteiger partial charge in [0.1, 0.15) is 11.6 Å². The molecule has 0 amide bonds. The molecule has 0 aliphatic heterocycles. The van der Waals surface area contributed by atoms with Crippen LogP contribution < -0.4 is 10.6 Å². The first-order chi connectivity index (χ1) is 9.88. The highest BCUT2D eigenvalue weighted by molar-refractivity contribution is 5.51. The van der Waals surface area contributed by atoms with Gasteiger partial charge in [-0.2, -0.15) is 13.2 Å². The summed E-state index contributed by atoms with van der Waals surface area (Å²) in [5, 5.41) is 15.4. The van der Waals surface area contributed by atoms with Crippen LogP contribution in [0.1, 0.15) is 38.2 Å². The van der Waals surface area contributed by atoms with Crippen molar-refractivity contribution in [3.63, 3.8) is 0 Å². The molecule has 1 saturated carbocycles. The maximum Gasteiger partial charge on any atom is 0.416 e. The summed E-state index contributed by atoms with van der Waals surface area (Å²) >= 11 is 0. The Morgan fingerprint density at radius 2 is 1.86 bits per heavy atom. The zero-order valence-electron chi connectivity index (χ0n) is 11.9. The van der Waals surface area contributed by atoms with Gasteiger partial charge in [0.25, 0.3) is 0 Å². The van der Waals surface area contributed by atoms with E-state index in [0.717, 1.165) is 37.8 Å². The predicted molar refractivity (Wildman–Crippen MR) is 75.3 cm³/mol. The first kappa shape index (κ1) is 15.9. The zero-order valence-corrected chi connectivity index (χ0v) is 11.9. The largest absolute Gasteiger partial charge is 0.416 e. The minimum Gasteiger partial charge on any atom is -0.394 e. The van der Waals surface area contributed by atoms with Crippen LogP contribution in [-0.2, 0) is 6.18 Å². The molecule has 1 fully saturated rings. The van der Waals surface area contributed by atoms with Crippen molar-refractivity contribution >= 4 is 11.6 Å².